The highest BCUT2D eigenvalue weighted by molar-refractivity contribution is 7.19. The maximum Gasteiger partial charge on any atom is 0.238 e. The van der Waals surface area contributed by atoms with E-state index in [0.29, 0.717) is 17.6 Å². The third kappa shape index (κ3) is 8.27. The Labute approximate surface area is 509 Å². The van der Waals surface area contributed by atoms with Gasteiger partial charge < -0.3 is 9.13 Å². The molecular weight excluding hydrogens is 1090 g/mol. The number of para-hydroxylation sites is 4. The summed E-state index contributed by atoms with van der Waals surface area (Å²) in [6.45, 7) is 0. The predicted octanol–water partition coefficient (Wildman–Crippen LogP) is 17.2. The number of fused-ring (bicyclic) bond motifs is 9. The molecule has 4 aromatic heterocycles. The van der Waals surface area contributed by atoms with E-state index in [-0.39, 0.29) is 0 Å². The first-order valence-electron chi connectivity index (χ1n) is 30.0. The summed E-state index contributed by atoms with van der Waals surface area (Å²) >= 11 is 0. The van der Waals surface area contributed by atoms with Crippen LogP contribution in [0.4, 0.5) is 0 Å². The maximum atomic E-state index is 5.77. The van der Waals surface area contributed by atoms with Gasteiger partial charge in [0.05, 0.1) is 33.1 Å². The van der Waals surface area contributed by atoms with Crippen LogP contribution >= 0.6 is 0 Å². The monoisotopic (exact) mass is 1140 g/mol. The average Bonchev–Trinajstić information content (AvgIpc) is 1.66. The van der Waals surface area contributed by atoms with Gasteiger partial charge in [0.25, 0.3) is 0 Å². The largest absolute Gasteiger partial charge is 0.309 e. The highest BCUT2D eigenvalue weighted by Crippen LogP contribution is 2.40. The second-order valence-electron chi connectivity index (χ2n) is 22.7. The molecule has 0 saturated carbocycles. The van der Waals surface area contributed by atoms with E-state index in [1.807, 2.05) is 0 Å². The molecule has 0 atom stereocenters. The molecule has 4 heterocycles. The van der Waals surface area contributed by atoms with Crippen LogP contribution in [0.1, 0.15) is 0 Å². The zero-order chi connectivity index (χ0) is 58.1. The molecule has 0 N–H and O–H groups in total. The molecule has 6 nitrogen and oxygen atoms in total. The van der Waals surface area contributed by atoms with Crippen molar-refractivity contribution in [2.75, 3.05) is 0 Å². The number of hydrogen-bond acceptors (Lipinski definition) is 3. The summed E-state index contributed by atoms with van der Waals surface area (Å²) in [5, 5.41) is 12.1. The lowest BCUT2D eigenvalue weighted by Crippen LogP contribution is -2.74. The number of hydrogen-bond donors (Lipinski definition) is 0. The van der Waals surface area contributed by atoms with Crippen molar-refractivity contribution in [1.29, 1.82) is 0 Å². The van der Waals surface area contributed by atoms with Crippen LogP contribution in [0.25, 0.3) is 128 Å². The van der Waals surface area contributed by atoms with Crippen molar-refractivity contribution >= 4 is 94.2 Å². The van der Waals surface area contributed by atoms with E-state index in [1.165, 1.54) is 42.3 Å². The molecule has 88 heavy (non-hydrogen) atoms. The normalized spacial score (nSPS) is 11.9. The molecule has 0 spiro atoms. The van der Waals surface area contributed by atoms with E-state index in [0.717, 1.165) is 88.6 Å². The van der Waals surface area contributed by atoms with E-state index in [2.05, 4.69) is 341 Å². The van der Waals surface area contributed by atoms with Crippen LogP contribution in [-0.2, 0) is 0 Å². The highest BCUT2D eigenvalue weighted by Gasteiger charge is 2.41. The Kier molecular flexibility index (Phi) is 12.1. The van der Waals surface area contributed by atoms with Crippen molar-refractivity contribution < 1.29 is 0 Å². The first kappa shape index (κ1) is 51.0. The van der Waals surface area contributed by atoms with E-state index in [4.69, 9.17) is 15.0 Å². The minimum atomic E-state index is -2.99. The summed E-state index contributed by atoms with van der Waals surface area (Å²) in [5.74, 6) is 1.65. The van der Waals surface area contributed by atoms with Gasteiger partial charge in [-0.05, 0) is 116 Å². The van der Waals surface area contributed by atoms with Gasteiger partial charge in [-0.1, -0.05) is 255 Å². The van der Waals surface area contributed by atoms with Gasteiger partial charge in [0.1, 0.15) is 0 Å². The lowest BCUT2D eigenvalue weighted by atomic mass is 9.96. The van der Waals surface area contributed by atoms with E-state index in [9.17, 15) is 0 Å². The molecule has 17 rings (SSSR count). The minimum Gasteiger partial charge on any atom is -0.309 e. The van der Waals surface area contributed by atoms with Crippen LogP contribution in [-0.4, -0.2) is 36.7 Å². The quantitative estimate of drug-likeness (QED) is 0.0958. The Morgan fingerprint density at radius 2 is 0.568 bits per heavy atom. The fraction of sp³-hybridized carbons (Fsp3) is 0. The lowest BCUT2D eigenvalue weighted by Gasteiger charge is -2.34. The van der Waals surface area contributed by atoms with Crippen LogP contribution in [0.3, 0.4) is 0 Å². The third-order valence-corrected chi connectivity index (χ3v) is 22.6. The predicted molar refractivity (Wildman–Crippen MR) is 368 cm³/mol. The van der Waals surface area contributed by atoms with Gasteiger partial charge in [0.2, 0.25) is 5.95 Å². The number of rotatable bonds is 11. The third-order valence-electron chi connectivity index (χ3n) is 17.8. The Hall–Kier alpha value is -11.5. The Balaban J connectivity index is 0.966. The molecule has 0 aliphatic carbocycles. The second-order valence-corrected chi connectivity index (χ2v) is 26.5. The molecule has 0 radical (unpaired) electrons. The van der Waals surface area contributed by atoms with Gasteiger partial charge in [0, 0.05) is 54.8 Å². The fourth-order valence-electron chi connectivity index (χ4n) is 13.9. The summed E-state index contributed by atoms with van der Waals surface area (Å²) in [4.78, 5) is 17.2. The molecule has 13 aromatic carbocycles. The van der Waals surface area contributed by atoms with Crippen molar-refractivity contribution in [2.24, 2.45) is 0 Å². The van der Waals surface area contributed by atoms with Crippen molar-refractivity contribution in [3.05, 3.63) is 328 Å². The zero-order valence-electron chi connectivity index (χ0n) is 47.9. The standard InChI is InChI=1S/C81H54N6Si/c1-6-25-55(26-7-1)58-49-59(56-27-8-2-9-28-56)51-60(50-58)80-82-79(57-29-24-36-66(52-57)88(63-30-10-3-11-31-63,64-32-12-4-13-33-64)65-34-14-5-15-35-65)83-81(84-80)87-77-48-46-61(85-73-41-20-16-37-67(73)68-38-17-21-42-74(68)85)53-72(77)71-47-45-62(54-78(71)87)86-75-43-22-18-39-69(75)70-40-19-23-44-76(70)86/h1-54H. The molecule has 0 aliphatic heterocycles. The van der Waals surface area contributed by atoms with Crippen molar-refractivity contribution in [2.45, 2.75) is 0 Å². The van der Waals surface area contributed by atoms with Gasteiger partial charge >= 0.3 is 0 Å². The van der Waals surface area contributed by atoms with Gasteiger partial charge in [-0.15, -0.1) is 0 Å². The van der Waals surface area contributed by atoms with Crippen LogP contribution in [0.2, 0.25) is 0 Å². The van der Waals surface area contributed by atoms with Crippen LogP contribution in [0, 0.1) is 0 Å². The first-order chi connectivity index (χ1) is 43.6. The highest BCUT2D eigenvalue weighted by atomic mass is 28.3. The Bertz CT molecular complexity index is 5240. The number of benzene rings is 13. The average molecular weight is 1140 g/mol. The maximum absolute atomic E-state index is 5.77. The SMILES string of the molecule is c1ccc(-c2cc(-c3ccccc3)cc(-c3nc(-c4cccc([Si](c5ccccc5)(c5ccccc5)c5ccccc5)c4)nc(-n4c5ccc(-n6c7ccccc7c7ccccc76)cc5c5ccc(-n6c7ccccc7c7ccccc76)cc54)n3)c2)cc1. The van der Waals surface area contributed by atoms with Gasteiger partial charge in [-0.3, -0.25) is 4.57 Å². The molecule has 412 valence electrons. The van der Waals surface area contributed by atoms with Crippen LogP contribution < -0.4 is 20.7 Å². The summed E-state index contributed by atoms with van der Waals surface area (Å²) < 4.78 is 7.08. The van der Waals surface area contributed by atoms with Gasteiger partial charge in [-0.2, -0.15) is 9.97 Å². The molecule has 0 saturated heterocycles. The van der Waals surface area contributed by atoms with Gasteiger partial charge in [0.15, 0.2) is 19.7 Å². The van der Waals surface area contributed by atoms with Crippen LogP contribution in [0.15, 0.2) is 328 Å². The summed E-state index contributed by atoms with van der Waals surface area (Å²) in [6, 6.07) is 119. The molecular formula is C81H54N6Si. The molecule has 0 bridgehead atoms. The van der Waals surface area contributed by atoms with Gasteiger partial charge in [-0.25, -0.2) is 4.98 Å². The van der Waals surface area contributed by atoms with E-state index >= 15 is 0 Å². The molecule has 7 heteroatoms. The van der Waals surface area contributed by atoms with Crippen molar-refractivity contribution in [1.82, 2.24) is 28.7 Å². The van der Waals surface area contributed by atoms with E-state index < -0.39 is 8.07 Å². The smallest absolute Gasteiger partial charge is 0.238 e. The molecule has 0 amide bonds. The first-order valence-corrected chi connectivity index (χ1v) is 32.0. The van der Waals surface area contributed by atoms with Crippen molar-refractivity contribution in [3.63, 3.8) is 0 Å². The minimum absolute atomic E-state index is 0.512. The lowest BCUT2D eigenvalue weighted by molar-refractivity contribution is 0.953. The second kappa shape index (κ2) is 20.9. The molecule has 0 fully saturated rings. The summed E-state index contributed by atoms with van der Waals surface area (Å²) in [5.41, 5.74) is 14.7. The number of nitrogens with zero attached hydrogens (tertiary/aromatic N) is 6. The Morgan fingerprint density at radius 3 is 1.06 bits per heavy atom. The summed E-state index contributed by atoms with van der Waals surface area (Å²) in [7, 11) is -2.99. The molecule has 0 unspecified atom stereocenters. The summed E-state index contributed by atoms with van der Waals surface area (Å²) in [6.07, 6.45) is 0. The fourth-order valence-corrected chi connectivity index (χ4v) is 18.7. The zero-order valence-corrected chi connectivity index (χ0v) is 48.9. The number of aromatic nitrogens is 6. The topological polar surface area (TPSA) is 53.5 Å². The van der Waals surface area contributed by atoms with Crippen molar-refractivity contribution in [3.8, 4) is 62.4 Å². The molecule has 17 aromatic rings. The van der Waals surface area contributed by atoms with E-state index in [1.54, 1.807) is 0 Å². The Morgan fingerprint density at radius 1 is 0.205 bits per heavy atom. The molecule has 0 aliphatic rings. The van der Waals surface area contributed by atoms with Crippen LogP contribution in [0.5, 0.6) is 0 Å².